The molecule has 0 atom stereocenters. The van der Waals surface area contributed by atoms with Gasteiger partial charge in [-0.15, -0.1) is 0 Å². The van der Waals surface area contributed by atoms with Crippen LogP contribution in [-0.4, -0.2) is 25.8 Å². The van der Waals surface area contributed by atoms with Crippen molar-refractivity contribution in [2.24, 2.45) is 0 Å². The Morgan fingerprint density at radius 2 is 1.89 bits per heavy atom. The SMILES string of the molecule is CCN(CC)S(=O)(=O)Nc1c(C)cc(Br)cc1N. The van der Waals surface area contributed by atoms with Gasteiger partial charge in [0.25, 0.3) is 0 Å². The molecular weight excluding hydrogens is 318 g/mol. The van der Waals surface area contributed by atoms with Crippen LogP contribution in [0.2, 0.25) is 0 Å². The van der Waals surface area contributed by atoms with Gasteiger partial charge in [0.1, 0.15) is 0 Å². The van der Waals surface area contributed by atoms with E-state index in [0.29, 0.717) is 24.5 Å². The van der Waals surface area contributed by atoms with Gasteiger partial charge in [0.2, 0.25) is 0 Å². The maximum atomic E-state index is 12.1. The first kappa shape index (κ1) is 15.3. The van der Waals surface area contributed by atoms with Crippen LogP contribution in [0.3, 0.4) is 0 Å². The summed E-state index contributed by atoms with van der Waals surface area (Å²) in [7, 11) is -3.55. The third kappa shape index (κ3) is 3.37. The number of hydrogen-bond acceptors (Lipinski definition) is 3. The van der Waals surface area contributed by atoms with Gasteiger partial charge < -0.3 is 5.73 Å². The van der Waals surface area contributed by atoms with Gasteiger partial charge in [-0.3, -0.25) is 4.72 Å². The second-order valence-corrected chi connectivity index (χ2v) is 6.46. The molecule has 0 unspecified atom stereocenters. The topological polar surface area (TPSA) is 75.4 Å². The van der Waals surface area contributed by atoms with Crippen molar-refractivity contribution in [3.05, 3.63) is 22.2 Å². The average molecular weight is 336 g/mol. The zero-order chi connectivity index (χ0) is 13.9. The number of aryl methyl sites for hydroxylation is 1. The normalized spacial score (nSPS) is 11.8. The highest BCUT2D eigenvalue weighted by Gasteiger charge is 2.20. The Labute approximate surface area is 117 Å². The molecule has 0 heterocycles. The summed E-state index contributed by atoms with van der Waals surface area (Å²) in [6.07, 6.45) is 0. The van der Waals surface area contributed by atoms with Crippen molar-refractivity contribution >= 4 is 37.5 Å². The maximum absolute atomic E-state index is 12.1. The van der Waals surface area contributed by atoms with E-state index in [1.165, 1.54) is 4.31 Å². The molecule has 0 aliphatic heterocycles. The summed E-state index contributed by atoms with van der Waals surface area (Å²) in [5.41, 5.74) is 7.45. The second-order valence-electron chi connectivity index (χ2n) is 3.88. The van der Waals surface area contributed by atoms with Crippen molar-refractivity contribution in [1.29, 1.82) is 0 Å². The van der Waals surface area contributed by atoms with Crippen molar-refractivity contribution < 1.29 is 8.42 Å². The summed E-state index contributed by atoms with van der Waals surface area (Å²) >= 11 is 3.32. The van der Waals surface area contributed by atoms with E-state index in [9.17, 15) is 8.42 Å². The van der Waals surface area contributed by atoms with Gasteiger partial charge >= 0.3 is 10.2 Å². The van der Waals surface area contributed by atoms with Crippen LogP contribution in [0.4, 0.5) is 11.4 Å². The number of nitrogen functional groups attached to an aromatic ring is 1. The van der Waals surface area contributed by atoms with Crippen molar-refractivity contribution in [3.8, 4) is 0 Å². The zero-order valence-corrected chi connectivity index (χ0v) is 13.1. The molecule has 18 heavy (non-hydrogen) atoms. The molecule has 0 radical (unpaired) electrons. The standard InChI is InChI=1S/C11H18BrN3O2S/c1-4-15(5-2)18(16,17)14-11-8(3)6-9(12)7-10(11)13/h6-7,14H,4-5,13H2,1-3H3. The molecule has 0 aliphatic carbocycles. The van der Waals surface area contributed by atoms with Gasteiger partial charge in [0.05, 0.1) is 11.4 Å². The van der Waals surface area contributed by atoms with Gasteiger partial charge in [0.15, 0.2) is 0 Å². The van der Waals surface area contributed by atoms with E-state index >= 15 is 0 Å². The molecule has 1 rings (SSSR count). The Morgan fingerprint density at radius 3 is 2.33 bits per heavy atom. The van der Waals surface area contributed by atoms with Crippen molar-refractivity contribution in [2.45, 2.75) is 20.8 Å². The first-order valence-corrected chi connectivity index (χ1v) is 7.88. The van der Waals surface area contributed by atoms with Crippen LogP contribution in [0.5, 0.6) is 0 Å². The van der Waals surface area contributed by atoms with E-state index in [2.05, 4.69) is 20.7 Å². The number of anilines is 2. The molecule has 0 spiro atoms. The fraction of sp³-hybridized carbons (Fsp3) is 0.455. The molecule has 0 saturated heterocycles. The minimum absolute atomic E-state index is 0.401. The molecule has 0 aliphatic rings. The van der Waals surface area contributed by atoms with Crippen molar-refractivity contribution in [3.63, 3.8) is 0 Å². The van der Waals surface area contributed by atoms with Crippen LogP contribution in [0.1, 0.15) is 19.4 Å². The van der Waals surface area contributed by atoms with Crippen LogP contribution < -0.4 is 10.5 Å². The number of halogens is 1. The van der Waals surface area contributed by atoms with Crippen LogP contribution in [0.25, 0.3) is 0 Å². The lowest BCUT2D eigenvalue weighted by Gasteiger charge is -2.21. The van der Waals surface area contributed by atoms with Gasteiger partial charge in [-0.25, -0.2) is 0 Å². The van der Waals surface area contributed by atoms with Crippen LogP contribution in [0.15, 0.2) is 16.6 Å². The minimum Gasteiger partial charge on any atom is -0.397 e. The molecule has 0 bridgehead atoms. The molecule has 0 amide bonds. The largest absolute Gasteiger partial charge is 0.397 e. The Balaban J connectivity index is 3.12. The lowest BCUT2D eigenvalue weighted by atomic mass is 10.2. The van der Waals surface area contributed by atoms with E-state index < -0.39 is 10.2 Å². The molecule has 0 aromatic heterocycles. The molecule has 1 aromatic carbocycles. The summed E-state index contributed by atoms with van der Waals surface area (Å²) in [6, 6.07) is 3.49. The molecular formula is C11H18BrN3O2S. The molecule has 7 heteroatoms. The molecule has 102 valence electrons. The molecule has 0 saturated carbocycles. The van der Waals surface area contributed by atoms with Crippen molar-refractivity contribution in [1.82, 2.24) is 4.31 Å². The second kappa shape index (κ2) is 5.90. The third-order valence-corrected chi connectivity index (χ3v) is 4.72. The average Bonchev–Trinajstić information content (AvgIpc) is 2.24. The summed E-state index contributed by atoms with van der Waals surface area (Å²) in [4.78, 5) is 0. The fourth-order valence-electron chi connectivity index (χ4n) is 1.67. The molecule has 5 nitrogen and oxygen atoms in total. The first-order chi connectivity index (χ1) is 8.31. The Bertz CT molecular complexity index is 504. The summed E-state index contributed by atoms with van der Waals surface area (Å²) in [6.45, 7) is 6.23. The minimum atomic E-state index is -3.55. The molecule has 0 fully saturated rings. The number of hydrogen-bond donors (Lipinski definition) is 2. The van der Waals surface area contributed by atoms with Crippen LogP contribution >= 0.6 is 15.9 Å². The predicted octanol–water partition coefficient (Wildman–Crippen LogP) is 2.34. The highest BCUT2D eigenvalue weighted by molar-refractivity contribution is 9.10. The number of benzene rings is 1. The number of rotatable bonds is 5. The fourth-order valence-corrected chi connectivity index (χ4v) is 3.60. The smallest absolute Gasteiger partial charge is 0.301 e. The predicted molar refractivity (Wildman–Crippen MR) is 78.8 cm³/mol. The van der Waals surface area contributed by atoms with Gasteiger partial charge in [0, 0.05) is 17.6 Å². The maximum Gasteiger partial charge on any atom is 0.301 e. The molecule has 1 aromatic rings. The van der Waals surface area contributed by atoms with Crippen molar-refractivity contribution in [2.75, 3.05) is 23.5 Å². The van der Waals surface area contributed by atoms with E-state index in [0.717, 1.165) is 10.0 Å². The lowest BCUT2D eigenvalue weighted by Crippen LogP contribution is -2.35. The first-order valence-electron chi connectivity index (χ1n) is 5.65. The van der Waals surface area contributed by atoms with E-state index in [1.807, 2.05) is 6.07 Å². The zero-order valence-electron chi connectivity index (χ0n) is 10.7. The van der Waals surface area contributed by atoms with Gasteiger partial charge in [-0.2, -0.15) is 12.7 Å². The Kier molecular flexibility index (Phi) is 5.01. The summed E-state index contributed by atoms with van der Waals surface area (Å²) in [5.74, 6) is 0. The Hall–Kier alpha value is -0.790. The summed E-state index contributed by atoms with van der Waals surface area (Å²) in [5, 5.41) is 0. The summed E-state index contributed by atoms with van der Waals surface area (Å²) < 4.78 is 28.9. The van der Waals surface area contributed by atoms with E-state index in [-0.39, 0.29) is 0 Å². The highest BCUT2D eigenvalue weighted by Crippen LogP contribution is 2.28. The number of nitrogens with two attached hydrogens (primary N) is 1. The van der Waals surface area contributed by atoms with Gasteiger partial charge in [-0.1, -0.05) is 29.8 Å². The van der Waals surface area contributed by atoms with Crippen LogP contribution in [0, 0.1) is 6.92 Å². The quantitative estimate of drug-likeness (QED) is 0.811. The van der Waals surface area contributed by atoms with E-state index in [4.69, 9.17) is 5.73 Å². The van der Waals surface area contributed by atoms with E-state index in [1.54, 1.807) is 26.8 Å². The van der Waals surface area contributed by atoms with Crippen LogP contribution in [-0.2, 0) is 10.2 Å². The lowest BCUT2D eigenvalue weighted by molar-refractivity contribution is 0.449. The molecule has 3 N–H and O–H groups in total. The number of nitrogens with one attached hydrogen (secondary N) is 1. The monoisotopic (exact) mass is 335 g/mol. The number of nitrogens with zero attached hydrogens (tertiary/aromatic N) is 1. The van der Waals surface area contributed by atoms with Gasteiger partial charge in [-0.05, 0) is 24.6 Å². The third-order valence-electron chi connectivity index (χ3n) is 2.61. The Morgan fingerprint density at radius 1 is 1.33 bits per heavy atom. The highest BCUT2D eigenvalue weighted by atomic mass is 79.9.